The highest BCUT2D eigenvalue weighted by molar-refractivity contribution is 4.95. The summed E-state index contributed by atoms with van der Waals surface area (Å²) in [7, 11) is 1.24. The maximum absolute atomic E-state index is 11.0. The first kappa shape index (κ1) is 37.6. The van der Waals surface area contributed by atoms with Gasteiger partial charge in [0.25, 0.3) is 0 Å². The van der Waals surface area contributed by atoms with Crippen molar-refractivity contribution >= 4 is 0 Å². The molecular formula is C27H52O15. The lowest BCUT2D eigenvalue weighted by molar-refractivity contribution is -0.369. The van der Waals surface area contributed by atoms with Crippen molar-refractivity contribution in [2.45, 2.75) is 139 Å². The van der Waals surface area contributed by atoms with Crippen molar-refractivity contribution in [3.63, 3.8) is 0 Å². The van der Waals surface area contributed by atoms with Crippen LogP contribution in [0.15, 0.2) is 0 Å². The molecule has 2 saturated heterocycles. The fourth-order valence-corrected chi connectivity index (χ4v) is 4.93. The number of methoxy groups -OCH3 is 1. The zero-order valence-electron chi connectivity index (χ0n) is 25.0. The Labute approximate surface area is 246 Å². The molecule has 0 aromatic carbocycles. The molecule has 2 heterocycles. The van der Waals surface area contributed by atoms with Crippen molar-refractivity contribution in [1.29, 1.82) is 0 Å². The van der Waals surface area contributed by atoms with Crippen LogP contribution in [-0.4, -0.2) is 165 Å². The van der Waals surface area contributed by atoms with Gasteiger partial charge in [-0.25, -0.2) is 0 Å². The number of unbranched alkanes of at least 4 members (excludes halogenated alkanes) is 1. The van der Waals surface area contributed by atoms with E-state index < -0.39 is 105 Å². The van der Waals surface area contributed by atoms with Crippen LogP contribution in [0.25, 0.3) is 0 Å². The number of hydrogen-bond acceptors (Lipinski definition) is 15. The third-order valence-electron chi connectivity index (χ3n) is 7.80. The molecule has 0 spiro atoms. The monoisotopic (exact) mass is 616 g/mol. The molecule has 250 valence electrons. The molecular weight excluding hydrogens is 564 g/mol. The minimum Gasteiger partial charge on any atom is -0.394 e. The zero-order chi connectivity index (χ0) is 31.7. The van der Waals surface area contributed by atoms with Gasteiger partial charge in [0, 0.05) is 7.11 Å². The van der Waals surface area contributed by atoms with Crippen LogP contribution in [0, 0.1) is 5.92 Å². The first-order valence-corrected chi connectivity index (χ1v) is 14.6. The van der Waals surface area contributed by atoms with E-state index in [1.807, 2.05) is 13.8 Å². The normalized spacial score (nSPS) is 37.8. The first-order valence-electron chi connectivity index (χ1n) is 14.6. The van der Waals surface area contributed by atoms with Crippen molar-refractivity contribution in [1.82, 2.24) is 0 Å². The van der Waals surface area contributed by atoms with Gasteiger partial charge in [-0.2, -0.15) is 0 Å². The number of rotatable bonds is 17. The van der Waals surface area contributed by atoms with Crippen molar-refractivity contribution in [2.24, 2.45) is 5.92 Å². The lowest BCUT2D eigenvalue weighted by Crippen LogP contribution is -2.65. The minimum absolute atomic E-state index is 0.126. The summed E-state index contributed by atoms with van der Waals surface area (Å²) in [5, 5.41) is 94.1. The van der Waals surface area contributed by atoms with Gasteiger partial charge in [-0.3, -0.25) is 0 Å². The molecule has 2 fully saturated rings. The van der Waals surface area contributed by atoms with Gasteiger partial charge < -0.3 is 74.4 Å². The molecule has 0 aromatic heterocycles. The zero-order valence-corrected chi connectivity index (χ0v) is 25.0. The predicted molar refractivity (Wildman–Crippen MR) is 144 cm³/mol. The van der Waals surface area contributed by atoms with Crippen LogP contribution >= 0.6 is 0 Å². The highest BCUT2D eigenvalue weighted by Gasteiger charge is 2.52. The molecule has 0 bridgehead atoms. The third-order valence-corrected chi connectivity index (χ3v) is 7.80. The van der Waals surface area contributed by atoms with Gasteiger partial charge in [-0.05, 0) is 19.3 Å². The van der Waals surface area contributed by atoms with Crippen molar-refractivity contribution < 1.29 is 74.4 Å². The highest BCUT2D eigenvalue weighted by atomic mass is 16.7. The Bertz CT molecular complexity index is 740. The van der Waals surface area contributed by atoms with E-state index in [0.717, 1.165) is 19.3 Å². The fraction of sp³-hybridized carbons (Fsp3) is 1.00. The molecule has 0 saturated carbocycles. The van der Waals surface area contributed by atoms with Crippen molar-refractivity contribution in [2.75, 3.05) is 26.9 Å². The van der Waals surface area contributed by atoms with Crippen LogP contribution in [0.4, 0.5) is 0 Å². The molecule has 15 unspecified atom stereocenters. The predicted octanol–water partition coefficient (Wildman–Crippen LogP) is -3.02. The quantitative estimate of drug-likeness (QED) is 0.0791. The molecule has 15 heteroatoms. The van der Waals surface area contributed by atoms with E-state index in [1.54, 1.807) is 13.8 Å². The van der Waals surface area contributed by atoms with Crippen LogP contribution in [0.5, 0.6) is 0 Å². The van der Waals surface area contributed by atoms with Crippen LogP contribution in [0.3, 0.4) is 0 Å². The second kappa shape index (κ2) is 17.8. The van der Waals surface area contributed by atoms with Gasteiger partial charge in [0.05, 0.1) is 32.0 Å². The van der Waals surface area contributed by atoms with Gasteiger partial charge in [-0.15, -0.1) is 0 Å². The summed E-state index contributed by atoms with van der Waals surface area (Å²) in [6, 6.07) is 0. The van der Waals surface area contributed by atoms with Crippen molar-refractivity contribution in [3.8, 4) is 0 Å². The van der Waals surface area contributed by atoms with E-state index in [1.165, 1.54) is 7.11 Å². The van der Waals surface area contributed by atoms with Gasteiger partial charge >= 0.3 is 0 Å². The fourth-order valence-electron chi connectivity index (χ4n) is 4.93. The summed E-state index contributed by atoms with van der Waals surface area (Å²) in [6.45, 7) is 5.67. The third kappa shape index (κ3) is 9.45. The Morgan fingerprint density at radius 3 is 1.95 bits per heavy atom. The maximum atomic E-state index is 11.0. The highest BCUT2D eigenvalue weighted by Crippen LogP contribution is 2.31. The molecule has 2 rings (SSSR count). The van der Waals surface area contributed by atoms with E-state index >= 15 is 0 Å². The van der Waals surface area contributed by atoms with Crippen LogP contribution in [0.1, 0.15) is 47.0 Å². The van der Waals surface area contributed by atoms with E-state index in [9.17, 15) is 46.0 Å². The Kier molecular flexibility index (Phi) is 15.9. The topological polar surface area (TPSA) is 237 Å². The average molecular weight is 617 g/mol. The second-order valence-electron chi connectivity index (χ2n) is 11.4. The summed E-state index contributed by atoms with van der Waals surface area (Å²) in [4.78, 5) is 0. The molecule has 0 radical (unpaired) electrons. The van der Waals surface area contributed by atoms with Gasteiger partial charge in [-0.1, -0.05) is 33.6 Å². The van der Waals surface area contributed by atoms with Gasteiger partial charge in [0.15, 0.2) is 12.6 Å². The second-order valence-corrected chi connectivity index (χ2v) is 11.4. The lowest BCUT2D eigenvalue weighted by atomic mass is 9.94. The van der Waals surface area contributed by atoms with Crippen LogP contribution in [0.2, 0.25) is 0 Å². The summed E-state index contributed by atoms with van der Waals surface area (Å²) in [5.41, 5.74) is 0. The van der Waals surface area contributed by atoms with E-state index in [4.69, 9.17) is 28.4 Å². The Balaban J connectivity index is 2.17. The largest absolute Gasteiger partial charge is 0.394 e. The molecule has 15 atom stereocenters. The number of aliphatic hydroxyl groups is 9. The Morgan fingerprint density at radius 1 is 0.786 bits per heavy atom. The smallest absolute Gasteiger partial charge is 0.187 e. The molecule has 0 aliphatic carbocycles. The molecule has 2 aliphatic rings. The average Bonchev–Trinajstić information content (AvgIpc) is 2.97. The number of hydrogen-bond donors (Lipinski definition) is 9. The molecule has 2 aliphatic heterocycles. The molecule has 0 amide bonds. The Morgan fingerprint density at radius 2 is 1.40 bits per heavy atom. The standard InChI is InChI=1S/C27H52O15/c1-6-7-8-13(4)38-11-16-18(31)19(32)22(35)26(40-16)42-25-15(10-29)39-27(23(36)21(25)34)41-24(14(9-28)37-5)20(33)17(30)12(2)3/h12-36H,6-11H2,1-5H3. The first-order chi connectivity index (χ1) is 19.8. The molecule has 42 heavy (non-hydrogen) atoms. The van der Waals surface area contributed by atoms with Gasteiger partial charge in [0.1, 0.15) is 67.1 Å². The van der Waals surface area contributed by atoms with E-state index in [0.29, 0.717) is 0 Å². The summed E-state index contributed by atoms with van der Waals surface area (Å²) < 4.78 is 33.6. The van der Waals surface area contributed by atoms with E-state index in [-0.39, 0.29) is 12.7 Å². The SMILES string of the molecule is CCCCC(C)OCC1OC(OC2C(CO)OC(OC(C(CO)OC)C(O)C(O)C(C)C)C(O)C2O)C(O)C(O)C1O. The summed E-state index contributed by atoms with van der Waals surface area (Å²) in [6.07, 6.45) is -18.9. The molecule has 0 aromatic rings. The summed E-state index contributed by atoms with van der Waals surface area (Å²) in [5.74, 6) is -0.419. The van der Waals surface area contributed by atoms with E-state index in [2.05, 4.69) is 0 Å². The number of ether oxygens (including phenoxy) is 6. The Hall–Kier alpha value is -0.600. The molecule has 15 nitrogen and oxygen atoms in total. The number of aliphatic hydroxyl groups excluding tert-OH is 9. The van der Waals surface area contributed by atoms with Crippen molar-refractivity contribution in [3.05, 3.63) is 0 Å². The van der Waals surface area contributed by atoms with Gasteiger partial charge in [0.2, 0.25) is 0 Å². The van der Waals surface area contributed by atoms with Crippen LogP contribution < -0.4 is 0 Å². The maximum Gasteiger partial charge on any atom is 0.187 e. The summed E-state index contributed by atoms with van der Waals surface area (Å²) >= 11 is 0. The van der Waals surface area contributed by atoms with Crippen LogP contribution in [-0.2, 0) is 28.4 Å². The lowest BCUT2D eigenvalue weighted by Gasteiger charge is -2.47. The minimum atomic E-state index is -1.85. The molecule has 9 N–H and O–H groups in total.